The summed E-state index contributed by atoms with van der Waals surface area (Å²) in [6.07, 6.45) is 2.33. The maximum Gasteiger partial charge on any atom is 0.142 e. The lowest BCUT2D eigenvalue weighted by molar-refractivity contribution is 0.404. The third kappa shape index (κ3) is 3.35. The van der Waals surface area contributed by atoms with Crippen LogP contribution >= 0.6 is 0 Å². The Morgan fingerprint density at radius 1 is 1.20 bits per heavy atom. The number of anilines is 1. The van der Waals surface area contributed by atoms with E-state index in [2.05, 4.69) is 12.2 Å². The maximum absolute atomic E-state index is 5.26. The lowest BCUT2D eigenvalue weighted by atomic mass is 10.2. The van der Waals surface area contributed by atoms with Crippen molar-refractivity contribution in [3.8, 4) is 11.5 Å². The minimum Gasteiger partial charge on any atom is -0.497 e. The highest BCUT2D eigenvalue weighted by molar-refractivity contribution is 5.59. The van der Waals surface area contributed by atoms with Crippen molar-refractivity contribution in [2.24, 2.45) is 0 Å². The standard InChI is InChI=1S/C12H19NO2/c1-4-5-8-13-11-9-10(14-2)6-7-12(11)15-3/h6-7,9,13H,4-5,8H2,1-3H3. The molecule has 0 heterocycles. The molecule has 0 amide bonds. The van der Waals surface area contributed by atoms with Gasteiger partial charge in [-0.15, -0.1) is 0 Å². The second-order valence-corrected chi connectivity index (χ2v) is 3.35. The minimum atomic E-state index is 0.842. The molecule has 3 heteroatoms. The summed E-state index contributed by atoms with van der Waals surface area (Å²) in [7, 11) is 3.34. The summed E-state index contributed by atoms with van der Waals surface area (Å²) in [6.45, 7) is 3.13. The van der Waals surface area contributed by atoms with Crippen molar-refractivity contribution in [3.05, 3.63) is 18.2 Å². The average molecular weight is 209 g/mol. The van der Waals surface area contributed by atoms with E-state index in [1.54, 1.807) is 14.2 Å². The van der Waals surface area contributed by atoms with Crippen LogP contribution in [-0.4, -0.2) is 20.8 Å². The molecule has 0 saturated carbocycles. The number of unbranched alkanes of at least 4 members (excludes halogenated alkanes) is 1. The van der Waals surface area contributed by atoms with Gasteiger partial charge in [-0.25, -0.2) is 0 Å². The van der Waals surface area contributed by atoms with Gasteiger partial charge in [0.25, 0.3) is 0 Å². The van der Waals surface area contributed by atoms with Crippen molar-refractivity contribution in [3.63, 3.8) is 0 Å². The third-order valence-electron chi connectivity index (χ3n) is 2.25. The number of methoxy groups -OCH3 is 2. The summed E-state index contributed by atoms with van der Waals surface area (Å²) < 4.78 is 10.4. The third-order valence-corrected chi connectivity index (χ3v) is 2.25. The molecule has 0 atom stereocenters. The zero-order valence-corrected chi connectivity index (χ0v) is 9.67. The van der Waals surface area contributed by atoms with E-state index in [9.17, 15) is 0 Å². The molecule has 0 unspecified atom stereocenters. The van der Waals surface area contributed by atoms with Crippen molar-refractivity contribution < 1.29 is 9.47 Å². The van der Waals surface area contributed by atoms with Crippen molar-refractivity contribution >= 4 is 5.69 Å². The Kier molecular flexibility index (Phi) is 4.81. The Morgan fingerprint density at radius 2 is 2.00 bits per heavy atom. The first-order valence-corrected chi connectivity index (χ1v) is 5.27. The van der Waals surface area contributed by atoms with Crippen molar-refractivity contribution in [2.75, 3.05) is 26.1 Å². The molecule has 0 fully saturated rings. The highest BCUT2D eigenvalue weighted by Crippen LogP contribution is 2.28. The lowest BCUT2D eigenvalue weighted by Gasteiger charge is -2.12. The summed E-state index contributed by atoms with van der Waals surface area (Å²) in [5.41, 5.74) is 0.991. The molecular weight excluding hydrogens is 190 g/mol. The lowest BCUT2D eigenvalue weighted by Crippen LogP contribution is -2.02. The van der Waals surface area contributed by atoms with Crippen molar-refractivity contribution in [2.45, 2.75) is 19.8 Å². The largest absolute Gasteiger partial charge is 0.497 e. The smallest absolute Gasteiger partial charge is 0.142 e. The molecule has 0 spiro atoms. The predicted molar refractivity (Wildman–Crippen MR) is 62.9 cm³/mol. The predicted octanol–water partition coefficient (Wildman–Crippen LogP) is 2.92. The molecular formula is C12H19NO2. The van der Waals surface area contributed by atoms with Crippen LogP contribution in [-0.2, 0) is 0 Å². The second-order valence-electron chi connectivity index (χ2n) is 3.35. The summed E-state index contributed by atoms with van der Waals surface area (Å²) in [6, 6.07) is 5.76. The van der Waals surface area contributed by atoms with E-state index in [4.69, 9.17) is 9.47 Å². The molecule has 3 nitrogen and oxygen atoms in total. The van der Waals surface area contributed by atoms with Crippen LogP contribution < -0.4 is 14.8 Å². The topological polar surface area (TPSA) is 30.5 Å². The van der Waals surface area contributed by atoms with E-state index >= 15 is 0 Å². The van der Waals surface area contributed by atoms with Crippen LogP contribution in [0.2, 0.25) is 0 Å². The van der Waals surface area contributed by atoms with Crippen LogP contribution in [0.3, 0.4) is 0 Å². The molecule has 0 saturated heterocycles. The molecule has 0 aliphatic rings. The normalized spacial score (nSPS) is 9.80. The van der Waals surface area contributed by atoms with Crippen LogP contribution in [0.25, 0.3) is 0 Å². The van der Waals surface area contributed by atoms with Crippen LogP contribution in [0, 0.1) is 0 Å². The molecule has 0 aliphatic carbocycles. The molecule has 1 aromatic rings. The van der Waals surface area contributed by atoms with E-state index in [-0.39, 0.29) is 0 Å². The number of hydrogen-bond acceptors (Lipinski definition) is 3. The molecule has 1 rings (SSSR count). The van der Waals surface area contributed by atoms with Gasteiger partial charge in [0, 0.05) is 12.6 Å². The van der Waals surface area contributed by atoms with Gasteiger partial charge in [-0.3, -0.25) is 0 Å². The molecule has 15 heavy (non-hydrogen) atoms. The number of ether oxygens (including phenoxy) is 2. The summed E-state index contributed by atoms with van der Waals surface area (Å²) in [4.78, 5) is 0. The first-order chi connectivity index (χ1) is 7.31. The summed E-state index contributed by atoms with van der Waals surface area (Å²) in [5, 5.41) is 3.33. The SMILES string of the molecule is CCCCNc1cc(OC)ccc1OC. The number of rotatable bonds is 6. The Labute approximate surface area is 91.4 Å². The molecule has 0 aromatic heterocycles. The fourth-order valence-corrected chi connectivity index (χ4v) is 1.35. The Bertz CT molecular complexity index is 300. The molecule has 1 aromatic carbocycles. The number of benzene rings is 1. The molecule has 84 valence electrons. The summed E-state index contributed by atoms with van der Waals surface area (Å²) >= 11 is 0. The van der Waals surface area contributed by atoms with Gasteiger partial charge in [0.15, 0.2) is 0 Å². The van der Waals surface area contributed by atoms with Gasteiger partial charge in [0.1, 0.15) is 11.5 Å². The minimum absolute atomic E-state index is 0.842. The van der Waals surface area contributed by atoms with Gasteiger partial charge in [0.2, 0.25) is 0 Å². The number of hydrogen-bond donors (Lipinski definition) is 1. The Balaban J connectivity index is 2.72. The molecule has 1 N–H and O–H groups in total. The number of nitrogens with one attached hydrogen (secondary N) is 1. The molecule has 0 aliphatic heterocycles. The Morgan fingerprint density at radius 3 is 2.60 bits per heavy atom. The van der Waals surface area contributed by atoms with E-state index in [0.717, 1.165) is 30.2 Å². The first-order valence-electron chi connectivity index (χ1n) is 5.27. The van der Waals surface area contributed by atoms with Crippen LogP contribution in [0.5, 0.6) is 11.5 Å². The van der Waals surface area contributed by atoms with E-state index in [1.807, 2.05) is 18.2 Å². The van der Waals surface area contributed by atoms with Gasteiger partial charge in [-0.05, 0) is 18.6 Å². The van der Waals surface area contributed by atoms with Gasteiger partial charge in [-0.2, -0.15) is 0 Å². The zero-order chi connectivity index (χ0) is 11.1. The monoisotopic (exact) mass is 209 g/mol. The highest BCUT2D eigenvalue weighted by Gasteiger charge is 2.03. The summed E-state index contributed by atoms with van der Waals surface area (Å²) in [5.74, 6) is 1.70. The second kappa shape index (κ2) is 6.17. The first kappa shape index (κ1) is 11.7. The Hall–Kier alpha value is -1.38. The van der Waals surface area contributed by atoms with E-state index < -0.39 is 0 Å². The average Bonchev–Trinajstić information content (AvgIpc) is 2.29. The fraction of sp³-hybridized carbons (Fsp3) is 0.500. The van der Waals surface area contributed by atoms with Crippen LogP contribution in [0.1, 0.15) is 19.8 Å². The van der Waals surface area contributed by atoms with Gasteiger partial charge >= 0.3 is 0 Å². The zero-order valence-electron chi connectivity index (χ0n) is 9.67. The van der Waals surface area contributed by atoms with E-state index in [1.165, 1.54) is 6.42 Å². The maximum atomic E-state index is 5.26. The van der Waals surface area contributed by atoms with Gasteiger partial charge in [-0.1, -0.05) is 13.3 Å². The van der Waals surface area contributed by atoms with Gasteiger partial charge < -0.3 is 14.8 Å². The quantitative estimate of drug-likeness (QED) is 0.731. The van der Waals surface area contributed by atoms with Gasteiger partial charge in [0.05, 0.1) is 19.9 Å². The fourth-order valence-electron chi connectivity index (χ4n) is 1.35. The highest BCUT2D eigenvalue weighted by atomic mass is 16.5. The van der Waals surface area contributed by atoms with Crippen LogP contribution in [0.4, 0.5) is 5.69 Å². The molecule has 0 bridgehead atoms. The van der Waals surface area contributed by atoms with Crippen molar-refractivity contribution in [1.29, 1.82) is 0 Å². The van der Waals surface area contributed by atoms with E-state index in [0.29, 0.717) is 0 Å². The van der Waals surface area contributed by atoms with Crippen molar-refractivity contribution in [1.82, 2.24) is 0 Å². The molecule has 0 radical (unpaired) electrons. The van der Waals surface area contributed by atoms with Crippen LogP contribution in [0.15, 0.2) is 18.2 Å².